The van der Waals surface area contributed by atoms with Gasteiger partial charge in [-0.25, -0.2) is 4.79 Å². The lowest BCUT2D eigenvalue weighted by Crippen LogP contribution is -2.60. The SMILES string of the molecule is CC[C@H]1OC(=O)[C@H](C)[C@@H](O[C@H]2C[C@@](C)(OC)[C@@H](O)[C@H](C)O2)[C@H](C)[C@@H](O[C@H]2C[C@@H](N(C)C3CCCC3)C[C@@H](C)O2)[C@@](C)(OC)C[C@@H](C)C(=O)[C@H](C)[C@H]2N(CCc3ccc(Cl)c(Cl)c3)C(=O)O[C@]12C. The average molecular weight is 984 g/mol. The van der Waals surface area contributed by atoms with Gasteiger partial charge in [-0.1, -0.05) is 69.8 Å². The maximum Gasteiger partial charge on any atom is 0.410 e. The van der Waals surface area contributed by atoms with Gasteiger partial charge in [0.25, 0.3) is 0 Å². The number of aliphatic hydroxyl groups excluding tert-OH is 1. The van der Waals surface area contributed by atoms with Crippen molar-refractivity contribution in [3.63, 3.8) is 0 Å². The summed E-state index contributed by atoms with van der Waals surface area (Å²) in [5.41, 5.74) is -2.74. The second kappa shape index (κ2) is 22.1. The number of ketones is 1. The number of methoxy groups -OCH3 is 2. The number of fused-ring (bicyclic) bond motifs is 1. The fraction of sp³-hybridized carbons (Fsp3) is 0.824. The first-order valence-corrected chi connectivity index (χ1v) is 25.6. The molecule has 1 aromatic carbocycles. The number of aliphatic hydroxyl groups is 1. The van der Waals surface area contributed by atoms with Crippen LogP contribution in [0.2, 0.25) is 10.0 Å². The molecule has 0 radical (unpaired) electrons. The lowest BCUT2D eigenvalue weighted by atomic mass is 9.73. The van der Waals surface area contributed by atoms with Crippen molar-refractivity contribution in [1.29, 1.82) is 0 Å². The largest absolute Gasteiger partial charge is 0.458 e. The molecule has 6 rings (SSSR count). The molecule has 4 aliphatic heterocycles. The molecule has 5 aliphatic rings. The number of carbonyl (C=O) groups is 3. The summed E-state index contributed by atoms with van der Waals surface area (Å²) in [7, 11) is 5.38. The number of benzene rings is 1. The number of cyclic esters (lactones) is 1. The van der Waals surface area contributed by atoms with Gasteiger partial charge in [0.2, 0.25) is 0 Å². The lowest BCUT2D eigenvalue weighted by molar-refractivity contribution is -0.309. The molecule has 16 heteroatoms. The number of esters is 1. The van der Waals surface area contributed by atoms with E-state index in [9.17, 15) is 14.7 Å². The Hall–Kier alpha value is -2.11. The van der Waals surface area contributed by atoms with Crippen molar-refractivity contribution < 1.29 is 57.4 Å². The van der Waals surface area contributed by atoms with Gasteiger partial charge < -0.3 is 47.9 Å². The molecule has 1 aromatic rings. The highest BCUT2D eigenvalue weighted by Gasteiger charge is 2.61. The molecule has 1 amide bonds. The standard InChI is InChI=1S/C51H80Cl2N2O12/c1-14-39-51(10)44(55(48(59)67-51)22-21-34-19-20-37(52)38(53)24-34)30(4)42(56)28(2)26-50(9,61-13)46(66-40-25-36(23-29(3)62-40)54(11)35-17-15-16-18-35)31(5)43(32(6)47(58)64-39)65-41-27-49(8,60-12)45(57)33(7)63-41/h19-20,24,28-33,35-36,39-41,43-46,57H,14-18,21-23,25-27H2,1-13H3/t28-,29-,30+,31+,32-,33+,36+,39-,40+,41+,43+,44-,45+,46-,49-,50+,51-/m1/s1. The topological polar surface area (TPSA) is 152 Å². The van der Waals surface area contributed by atoms with E-state index in [0.717, 1.165) is 12.0 Å². The number of hydrogen-bond acceptors (Lipinski definition) is 13. The zero-order valence-corrected chi connectivity index (χ0v) is 43.8. The van der Waals surface area contributed by atoms with E-state index in [1.807, 2.05) is 47.6 Å². The summed E-state index contributed by atoms with van der Waals surface area (Å²) >= 11 is 12.6. The number of rotatable bonds is 12. The van der Waals surface area contributed by atoms with Gasteiger partial charge in [-0.3, -0.25) is 14.5 Å². The van der Waals surface area contributed by atoms with Crippen LogP contribution in [0.1, 0.15) is 133 Å². The molecule has 0 aromatic heterocycles. The van der Waals surface area contributed by atoms with Crippen LogP contribution in [0.4, 0.5) is 4.79 Å². The summed E-state index contributed by atoms with van der Waals surface area (Å²) < 4.78 is 52.5. The van der Waals surface area contributed by atoms with E-state index in [1.165, 1.54) is 25.7 Å². The zero-order chi connectivity index (χ0) is 49.3. The minimum atomic E-state index is -1.43. The fourth-order valence-electron chi connectivity index (χ4n) is 12.3. The van der Waals surface area contributed by atoms with E-state index >= 15 is 4.79 Å². The van der Waals surface area contributed by atoms with E-state index in [4.69, 9.17) is 61.1 Å². The molecule has 5 fully saturated rings. The number of halogens is 2. The highest BCUT2D eigenvalue weighted by Crippen LogP contribution is 2.45. The highest BCUT2D eigenvalue weighted by atomic mass is 35.5. The van der Waals surface area contributed by atoms with Crippen LogP contribution in [0.3, 0.4) is 0 Å². The Morgan fingerprint density at radius 3 is 2.15 bits per heavy atom. The second-order valence-electron chi connectivity index (χ2n) is 21.2. The molecule has 0 bridgehead atoms. The summed E-state index contributed by atoms with van der Waals surface area (Å²) in [5, 5.41) is 12.0. The molecular weight excluding hydrogens is 903 g/mol. The number of Topliss-reactive ketones (excluding diaryl/α,β-unsaturated/α-hetero) is 1. The predicted molar refractivity (Wildman–Crippen MR) is 255 cm³/mol. The molecular formula is C51H80Cl2N2O12. The van der Waals surface area contributed by atoms with E-state index in [0.29, 0.717) is 28.9 Å². The smallest absolute Gasteiger partial charge is 0.410 e. The molecule has 1 aliphatic carbocycles. The van der Waals surface area contributed by atoms with Crippen LogP contribution in [0.25, 0.3) is 0 Å². The van der Waals surface area contributed by atoms with Crippen molar-refractivity contribution in [2.75, 3.05) is 27.8 Å². The van der Waals surface area contributed by atoms with Gasteiger partial charge in [-0.2, -0.15) is 0 Å². The number of nitrogens with zero attached hydrogens (tertiary/aromatic N) is 2. The van der Waals surface area contributed by atoms with E-state index in [-0.39, 0.29) is 43.7 Å². The second-order valence-corrected chi connectivity index (χ2v) is 22.0. The molecule has 380 valence electrons. The maximum absolute atomic E-state index is 15.1. The van der Waals surface area contributed by atoms with Crippen LogP contribution in [0.15, 0.2) is 18.2 Å². The lowest BCUT2D eigenvalue weighted by Gasteiger charge is -2.49. The van der Waals surface area contributed by atoms with Crippen LogP contribution in [-0.4, -0.2) is 145 Å². The molecule has 1 N–H and O–H groups in total. The van der Waals surface area contributed by atoms with Crippen molar-refractivity contribution in [3.05, 3.63) is 33.8 Å². The third kappa shape index (κ3) is 11.5. The van der Waals surface area contributed by atoms with Gasteiger partial charge in [0, 0.05) is 63.4 Å². The van der Waals surface area contributed by atoms with Crippen LogP contribution in [-0.2, 0) is 53.9 Å². The minimum absolute atomic E-state index is 0.0935. The Morgan fingerprint density at radius 1 is 0.851 bits per heavy atom. The van der Waals surface area contributed by atoms with Crippen molar-refractivity contribution in [2.45, 2.75) is 218 Å². The maximum atomic E-state index is 15.1. The van der Waals surface area contributed by atoms with Crippen molar-refractivity contribution >= 4 is 41.0 Å². The summed E-state index contributed by atoms with van der Waals surface area (Å²) in [6.07, 6.45) is 0.830. The minimum Gasteiger partial charge on any atom is -0.458 e. The Labute approximate surface area is 409 Å². The number of carbonyl (C=O) groups excluding carboxylic acids is 3. The van der Waals surface area contributed by atoms with Crippen LogP contribution in [0.5, 0.6) is 0 Å². The van der Waals surface area contributed by atoms with Crippen molar-refractivity contribution in [3.8, 4) is 0 Å². The van der Waals surface area contributed by atoms with Gasteiger partial charge in [-0.15, -0.1) is 0 Å². The first-order chi connectivity index (χ1) is 31.5. The Bertz CT molecular complexity index is 1870. The molecule has 4 heterocycles. The van der Waals surface area contributed by atoms with E-state index in [1.54, 1.807) is 52.0 Å². The average Bonchev–Trinajstić information content (AvgIpc) is 3.92. The molecule has 0 spiro atoms. The zero-order valence-electron chi connectivity index (χ0n) is 42.3. The van der Waals surface area contributed by atoms with Crippen molar-refractivity contribution in [2.24, 2.45) is 23.7 Å². The van der Waals surface area contributed by atoms with Crippen LogP contribution >= 0.6 is 23.2 Å². The molecule has 0 unspecified atom stereocenters. The third-order valence-electron chi connectivity index (χ3n) is 16.4. The predicted octanol–water partition coefficient (Wildman–Crippen LogP) is 8.80. The Kier molecular flexibility index (Phi) is 17.9. The molecule has 14 nitrogen and oxygen atoms in total. The Balaban J connectivity index is 1.42. The summed E-state index contributed by atoms with van der Waals surface area (Å²) in [6, 6.07) is 5.23. The monoisotopic (exact) mass is 983 g/mol. The van der Waals surface area contributed by atoms with Gasteiger partial charge in [0.15, 0.2) is 18.2 Å². The van der Waals surface area contributed by atoms with Crippen molar-refractivity contribution in [1.82, 2.24) is 9.80 Å². The fourth-order valence-corrected chi connectivity index (χ4v) is 12.6. The first kappa shape index (κ1) is 54.2. The number of ether oxygens (including phenoxy) is 8. The highest BCUT2D eigenvalue weighted by molar-refractivity contribution is 6.42. The van der Waals surface area contributed by atoms with E-state index < -0.39 is 102 Å². The third-order valence-corrected chi connectivity index (χ3v) is 17.2. The molecule has 1 saturated carbocycles. The quantitative estimate of drug-likeness (QED) is 0.199. The van der Waals surface area contributed by atoms with Gasteiger partial charge in [0.05, 0.1) is 57.6 Å². The van der Waals surface area contributed by atoms with Gasteiger partial charge in [-0.05, 0) is 105 Å². The Morgan fingerprint density at radius 2 is 1.52 bits per heavy atom. The molecule has 17 atom stereocenters. The van der Waals surface area contributed by atoms with Crippen LogP contribution in [0, 0.1) is 23.7 Å². The number of amides is 1. The first-order valence-electron chi connectivity index (χ1n) is 24.8. The number of hydrogen-bond donors (Lipinski definition) is 1. The summed E-state index contributed by atoms with van der Waals surface area (Å²) in [4.78, 5) is 48.4. The summed E-state index contributed by atoms with van der Waals surface area (Å²) in [5.74, 6) is -3.59. The van der Waals surface area contributed by atoms with Crippen LogP contribution < -0.4 is 0 Å². The van der Waals surface area contributed by atoms with E-state index in [2.05, 4.69) is 18.9 Å². The molecule has 4 saturated heterocycles. The van der Waals surface area contributed by atoms with Gasteiger partial charge in [0.1, 0.15) is 18.0 Å². The normalized spacial score (nSPS) is 41.8. The summed E-state index contributed by atoms with van der Waals surface area (Å²) in [6.45, 7) is 18.9. The molecule has 67 heavy (non-hydrogen) atoms. The van der Waals surface area contributed by atoms with Gasteiger partial charge >= 0.3 is 12.1 Å².